The van der Waals surface area contributed by atoms with E-state index in [1.54, 1.807) is 43.3 Å². The molecule has 0 spiro atoms. The number of carbonyl (C=O) groups is 1. The second-order valence-electron chi connectivity index (χ2n) is 9.54. The minimum Gasteiger partial charge on any atom is -0.463 e. The number of carbonyl (C=O) groups excluding carboxylic acids is 1. The van der Waals surface area contributed by atoms with E-state index in [0.717, 1.165) is 33.9 Å². The molecule has 1 heterocycles. The van der Waals surface area contributed by atoms with Gasteiger partial charge in [-0.2, -0.15) is 18.4 Å². The first-order chi connectivity index (χ1) is 19.5. The number of hydrogen-bond acceptors (Lipinski definition) is 4. The van der Waals surface area contributed by atoms with E-state index in [2.05, 4.69) is 0 Å². The van der Waals surface area contributed by atoms with Crippen molar-refractivity contribution in [2.75, 3.05) is 6.61 Å². The summed E-state index contributed by atoms with van der Waals surface area (Å²) in [7, 11) is 0. The predicted molar refractivity (Wildman–Crippen MR) is 152 cm³/mol. The Morgan fingerprint density at radius 1 is 0.976 bits per heavy atom. The zero-order valence-electron chi connectivity index (χ0n) is 22.8. The van der Waals surface area contributed by atoms with Gasteiger partial charge >= 0.3 is 12.1 Å². The molecule has 0 amide bonds. The Labute approximate surface area is 235 Å². The van der Waals surface area contributed by atoms with Crippen LogP contribution in [0.1, 0.15) is 40.3 Å². The van der Waals surface area contributed by atoms with E-state index in [-0.39, 0.29) is 18.8 Å². The van der Waals surface area contributed by atoms with Crippen LogP contribution in [0.5, 0.6) is 0 Å². The SMILES string of the molecule is CCOC(=O)C=Cc1ccc(-c2cccc(-c3cc(C(F)(F)F)c(C#N)c(=O)n3Cc3ccc(C)cc3C)c2)cc1. The predicted octanol–water partition coefficient (Wildman–Crippen LogP) is 7.31. The van der Waals surface area contributed by atoms with Crippen molar-refractivity contribution in [3.05, 3.63) is 123 Å². The molecule has 4 aromatic rings. The maximum atomic E-state index is 14.0. The van der Waals surface area contributed by atoms with E-state index < -0.39 is 28.8 Å². The number of halogens is 3. The Morgan fingerprint density at radius 3 is 2.32 bits per heavy atom. The molecule has 0 saturated carbocycles. The number of nitrogens with zero attached hydrogens (tertiary/aromatic N) is 2. The van der Waals surface area contributed by atoms with Gasteiger partial charge in [0, 0.05) is 6.08 Å². The molecule has 0 N–H and O–H groups in total. The van der Waals surface area contributed by atoms with Crippen molar-refractivity contribution in [2.45, 2.75) is 33.5 Å². The molecule has 0 unspecified atom stereocenters. The summed E-state index contributed by atoms with van der Waals surface area (Å²) >= 11 is 0. The van der Waals surface area contributed by atoms with Crippen LogP contribution in [0.15, 0.2) is 83.7 Å². The van der Waals surface area contributed by atoms with Gasteiger partial charge in [-0.3, -0.25) is 4.79 Å². The molecular formula is C33H27F3N2O3. The summed E-state index contributed by atoms with van der Waals surface area (Å²) in [5.41, 5.74) is 2.16. The highest BCUT2D eigenvalue weighted by molar-refractivity contribution is 5.87. The van der Waals surface area contributed by atoms with E-state index in [0.29, 0.717) is 11.1 Å². The number of pyridine rings is 1. The number of aryl methyl sites for hydroxylation is 2. The first-order valence-corrected chi connectivity index (χ1v) is 12.9. The number of ether oxygens (including phenoxy) is 1. The molecule has 0 atom stereocenters. The second-order valence-corrected chi connectivity index (χ2v) is 9.54. The molecule has 8 heteroatoms. The summed E-state index contributed by atoms with van der Waals surface area (Å²) in [6, 6.07) is 22.1. The topological polar surface area (TPSA) is 72.1 Å². The van der Waals surface area contributed by atoms with Gasteiger partial charge in [-0.1, -0.05) is 66.2 Å². The van der Waals surface area contributed by atoms with Crippen molar-refractivity contribution in [1.82, 2.24) is 4.57 Å². The summed E-state index contributed by atoms with van der Waals surface area (Å²) in [5.74, 6) is -0.447. The number of hydrogen-bond donors (Lipinski definition) is 0. The number of alkyl halides is 3. The molecule has 5 nitrogen and oxygen atoms in total. The quantitative estimate of drug-likeness (QED) is 0.177. The zero-order chi connectivity index (χ0) is 29.7. The summed E-state index contributed by atoms with van der Waals surface area (Å²) in [4.78, 5) is 25.0. The average Bonchev–Trinajstić information content (AvgIpc) is 2.94. The first kappa shape index (κ1) is 29.1. The molecule has 1 aromatic heterocycles. The lowest BCUT2D eigenvalue weighted by atomic mass is 9.98. The van der Waals surface area contributed by atoms with Gasteiger partial charge in [0.1, 0.15) is 11.6 Å². The third-order valence-corrected chi connectivity index (χ3v) is 6.64. The van der Waals surface area contributed by atoms with Gasteiger partial charge in [0.05, 0.1) is 24.4 Å². The van der Waals surface area contributed by atoms with Gasteiger partial charge in [0.2, 0.25) is 0 Å². The van der Waals surface area contributed by atoms with Crippen molar-refractivity contribution in [3.63, 3.8) is 0 Å². The fourth-order valence-electron chi connectivity index (χ4n) is 4.57. The average molecular weight is 557 g/mol. The maximum Gasteiger partial charge on any atom is 0.417 e. The van der Waals surface area contributed by atoms with Crippen LogP contribution >= 0.6 is 0 Å². The molecule has 208 valence electrons. The fourth-order valence-corrected chi connectivity index (χ4v) is 4.57. The molecular weight excluding hydrogens is 529 g/mol. The maximum absolute atomic E-state index is 14.0. The van der Waals surface area contributed by atoms with Crippen molar-refractivity contribution in [1.29, 1.82) is 5.26 Å². The molecule has 0 aliphatic heterocycles. The molecule has 0 bridgehead atoms. The van der Waals surface area contributed by atoms with Gasteiger partial charge in [0.25, 0.3) is 5.56 Å². The minimum absolute atomic E-state index is 0.00117. The van der Waals surface area contributed by atoms with E-state index >= 15 is 0 Å². The summed E-state index contributed by atoms with van der Waals surface area (Å²) in [6.07, 6.45) is -1.93. The van der Waals surface area contributed by atoms with Crippen LogP contribution in [-0.4, -0.2) is 17.1 Å². The van der Waals surface area contributed by atoms with Crippen LogP contribution in [0, 0.1) is 25.2 Å². The van der Waals surface area contributed by atoms with Crippen LogP contribution < -0.4 is 5.56 Å². The van der Waals surface area contributed by atoms with Crippen LogP contribution in [0.2, 0.25) is 0 Å². The van der Waals surface area contributed by atoms with Crippen LogP contribution in [0.3, 0.4) is 0 Å². The molecule has 0 aliphatic rings. The highest BCUT2D eigenvalue weighted by atomic mass is 19.4. The lowest BCUT2D eigenvalue weighted by molar-refractivity contribution is -0.138. The van der Waals surface area contributed by atoms with Crippen molar-refractivity contribution < 1.29 is 22.7 Å². The molecule has 4 rings (SSSR count). The van der Waals surface area contributed by atoms with Crippen LogP contribution in [0.4, 0.5) is 13.2 Å². The number of esters is 1. The van der Waals surface area contributed by atoms with Crippen molar-refractivity contribution in [2.24, 2.45) is 0 Å². The highest BCUT2D eigenvalue weighted by Gasteiger charge is 2.36. The fraction of sp³-hybridized carbons (Fsp3) is 0.182. The van der Waals surface area contributed by atoms with Crippen LogP contribution in [0.25, 0.3) is 28.5 Å². The molecule has 0 radical (unpaired) electrons. The summed E-state index contributed by atoms with van der Waals surface area (Å²) in [5, 5.41) is 9.52. The van der Waals surface area contributed by atoms with Crippen molar-refractivity contribution in [3.8, 4) is 28.5 Å². The van der Waals surface area contributed by atoms with Gasteiger partial charge in [-0.25, -0.2) is 4.79 Å². The number of nitriles is 1. The summed E-state index contributed by atoms with van der Waals surface area (Å²) < 4.78 is 48.1. The molecule has 41 heavy (non-hydrogen) atoms. The Hall–Kier alpha value is -4.90. The largest absolute Gasteiger partial charge is 0.463 e. The molecule has 3 aromatic carbocycles. The second kappa shape index (κ2) is 12.1. The van der Waals surface area contributed by atoms with Gasteiger partial charge in [-0.15, -0.1) is 0 Å². The lowest BCUT2D eigenvalue weighted by Crippen LogP contribution is -2.29. The monoisotopic (exact) mass is 556 g/mol. The van der Waals surface area contributed by atoms with Gasteiger partial charge in [0.15, 0.2) is 0 Å². The van der Waals surface area contributed by atoms with Gasteiger partial charge in [-0.05, 0) is 72.4 Å². The van der Waals surface area contributed by atoms with Crippen LogP contribution in [-0.2, 0) is 22.3 Å². The minimum atomic E-state index is -4.89. The zero-order valence-corrected chi connectivity index (χ0v) is 22.8. The Kier molecular flexibility index (Phi) is 8.58. The normalized spacial score (nSPS) is 11.4. The van der Waals surface area contributed by atoms with E-state index in [1.165, 1.54) is 16.7 Å². The summed E-state index contributed by atoms with van der Waals surface area (Å²) in [6.45, 7) is 5.79. The number of rotatable bonds is 7. The Bertz CT molecular complexity index is 1730. The number of benzene rings is 3. The Morgan fingerprint density at radius 2 is 1.68 bits per heavy atom. The molecule has 0 saturated heterocycles. The van der Waals surface area contributed by atoms with Gasteiger partial charge < -0.3 is 9.30 Å². The lowest BCUT2D eigenvalue weighted by Gasteiger charge is -2.19. The molecule has 0 aliphatic carbocycles. The van der Waals surface area contributed by atoms with Crippen molar-refractivity contribution >= 4 is 12.0 Å². The Balaban J connectivity index is 1.82. The van der Waals surface area contributed by atoms with E-state index in [9.17, 15) is 28.0 Å². The molecule has 0 fully saturated rings. The first-order valence-electron chi connectivity index (χ1n) is 12.9. The highest BCUT2D eigenvalue weighted by Crippen LogP contribution is 2.35. The van der Waals surface area contributed by atoms with E-state index in [1.807, 2.05) is 50.2 Å². The third-order valence-electron chi connectivity index (χ3n) is 6.64. The van der Waals surface area contributed by atoms with E-state index in [4.69, 9.17) is 4.74 Å². The standard InChI is InChI=1S/C33H27F3N2O3/c1-4-41-31(39)15-11-23-9-13-24(14-10-23)25-6-5-7-26(17-25)30-18-29(33(34,35)36)28(19-37)32(40)38(30)20-27-12-8-21(2)16-22(27)3/h5-18H,4,20H2,1-3H3. The number of aromatic nitrogens is 1. The third kappa shape index (κ3) is 6.64. The smallest absolute Gasteiger partial charge is 0.417 e.